The van der Waals surface area contributed by atoms with Gasteiger partial charge in [0.1, 0.15) is 0 Å². The van der Waals surface area contributed by atoms with Gasteiger partial charge in [-0.05, 0) is 32.4 Å². The van der Waals surface area contributed by atoms with E-state index in [0.717, 1.165) is 11.1 Å². The summed E-state index contributed by atoms with van der Waals surface area (Å²) in [6, 6.07) is 5.02. The maximum Gasteiger partial charge on any atom is 0.313 e. The lowest BCUT2D eigenvalue weighted by molar-refractivity contribution is -0.383. The first-order valence-electron chi connectivity index (χ1n) is 7.89. The molecule has 7 nitrogen and oxygen atoms in total. The number of ether oxygens (including phenoxy) is 1. The predicted octanol–water partition coefficient (Wildman–Crippen LogP) is 2.92. The Morgan fingerprint density at radius 3 is 2.92 bits per heavy atom. The average Bonchev–Trinajstić information content (AvgIpc) is 2.97. The van der Waals surface area contributed by atoms with Gasteiger partial charge in [-0.15, -0.1) is 0 Å². The molecule has 1 aromatic heterocycles. The second kappa shape index (κ2) is 6.07. The maximum absolute atomic E-state index is 12.2. The fourth-order valence-corrected chi connectivity index (χ4v) is 3.23. The van der Waals surface area contributed by atoms with Gasteiger partial charge in [-0.2, -0.15) is 0 Å². The number of nitro benzene ring substituents is 1. The largest absolute Gasteiger partial charge is 0.466 e. The first-order valence-corrected chi connectivity index (χ1v) is 7.89. The van der Waals surface area contributed by atoms with Gasteiger partial charge in [0.25, 0.3) is 5.69 Å². The molecule has 1 unspecified atom stereocenters. The summed E-state index contributed by atoms with van der Waals surface area (Å²) in [7, 11) is 0. The number of non-ortho nitro benzene ring substituents is 1. The normalized spacial score (nSPS) is 20.3. The van der Waals surface area contributed by atoms with Crippen LogP contribution in [0.5, 0.6) is 0 Å². The smallest absolute Gasteiger partial charge is 0.313 e. The minimum absolute atomic E-state index is 0.0363. The molecule has 1 aliphatic heterocycles. The summed E-state index contributed by atoms with van der Waals surface area (Å²) in [5.41, 5.74) is 0.358. The van der Waals surface area contributed by atoms with Gasteiger partial charge in [0.15, 0.2) is 0 Å². The van der Waals surface area contributed by atoms with Crippen LogP contribution in [0.1, 0.15) is 20.3 Å². The number of anilines is 1. The minimum Gasteiger partial charge on any atom is -0.466 e. The van der Waals surface area contributed by atoms with Crippen LogP contribution in [0.2, 0.25) is 0 Å². The third kappa shape index (κ3) is 2.66. The van der Waals surface area contributed by atoms with Gasteiger partial charge in [0.05, 0.1) is 22.3 Å². The molecule has 0 radical (unpaired) electrons. The van der Waals surface area contributed by atoms with Crippen LogP contribution in [0.15, 0.2) is 30.6 Å². The van der Waals surface area contributed by atoms with E-state index >= 15 is 0 Å². The Balaban J connectivity index is 1.98. The number of fused-ring (bicyclic) bond motifs is 1. The van der Waals surface area contributed by atoms with Crippen molar-refractivity contribution in [3.63, 3.8) is 0 Å². The topological polar surface area (TPSA) is 85.6 Å². The van der Waals surface area contributed by atoms with E-state index in [1.54, 1.807) is 25.3 Å². The molecule has 1 aromatic carbocycles. The second-order valence-corrected chi connectivity index (χ2v) is 6.23. The maximum atomic E-state index is 12.2. The number of nitrogens with zero attached hydrogens (tertiary/aromatic N) is 3. The van der Waals surface area contributed by atoms with Crippen molar-refractivity contribution < 1.29 is 14.5 Å². The highest BCUT2D eigenvalue weighted by molar-refractivity contribution is 5.99. The lowest BCUT2D eigenvalue weighted by atomic mass is 9.90. The number of carbonyl (C=O) groups is 1. The number of carbonyl (C=O) groups excluding carboxylic acids is 1. The molecule has 1 atom stereocenters. The first-order chi connectivity index (χ1) is 11.5. The predicted molar refractivity (Wildman–Crippen MR) is 90.0 cm³/mol. The van der Waals surface area contributed by atoms with Crippen molar-refractivity contribution in [1.82, 2.24) is 4.98 Å². The van der Waals surface area contributed by atoms with Crippen molar-refractivity contribution in [2.45, 2.75) is 20.3 Å². The van der Waals surface area contributed by atoms with Crippen LogP contribution in [0.25, 0.3) is 10.8 Å². The fourth-order valence-electron chi connectivity index (χ4n) is 3.23. The van der Waals surface area contributed by atoms with Crippen molar-refractivity contribution in [2.24, 2.45) is 5.41 Å². The molecule has 1 fully saturated rings. The number of nitro groups is 1. The van der Waals surface area contributed by atoms with Crippen LogP contribution >= 0.6 is 0 Å². The lowest BCUT2D eigenvalue weighted by Gasteiger charge is -2.24. The fraction of sp³-hybridized carbons (Fsp3) is 0.412. The van der Waals surface area contributed by atoms with Gasteiger partial charge in [-0.3, -0.25) is 19.9 Å². The summed E-state index contributed by atoms with van der Waals surface area (Å²) in [5.74, 6) is -0.194. The molecule has 126 valence electrons. The van der Waals surface area contributed by atoms with Gasteiger partial charge >= 0.3 is 5.97 Å². The molecule has 2 aromatic rings. The van der Waals surface area contributed by atoms with Crippen LogP contribution in [0, 0.1) is 15.5 Å². The number of benzene rings is 1. The summed E-state index contributed by atoms with van der Waals surface area (Å²) >= 11 is 0. The number of aromatic nitrogens is 1. The molecule has 7 heteroatoms. The van der Waals surface area contributed by atoms with E-state index in [1.165, 1.54) is 12.3 Å². The molecule has 1 aliphatic rings. The van der Waals surface area contributed by atoms with E-state index in [-0.39, 0.29) is 11.7 Å². The molecule has 0 bridgehead atoms. The third-order valence-electron chi connectivity index (χ3n) is 4.55. The Kier molecular flexibility index (Phi) is 4.09. The van der Waals surface area contributed by atoms with E-state index in [0.29, 0.717) is 31.5 Å². The molecule has 0 saturated carbocycles. The molecule has 0 N–H and O–H groups in total. The Hall–Kier alpha value is -2.70. The number of hydrogen-bond acceptors (Lipinski definition) is 6. The summed E-state index contributed by atoms with van der Waals surface area (Å²) in [6.07, 6.45) is 3.82. The number of rotatable bonds is 4. The highest BCUT2D eigenvalue weighted by Crippen LogP contribution is 2.39. The molecular formula is C17H19N3O4. The van der Waals surface area contributed by atoms with E-state index < -0.39 is 10.3 Å². The van der Waals surface area contributed by atoms with Gasteiger partial charge in [-0.25, -0.2) is 0 Å². The van der Waals surface area contributed by atoms with Crippen molar-refractivity contribution in [3.05, 3.63) is 40.7 Å². The second-order valence-electron chi connectivity index (χ2n) is 6.23. The lowest BCUT2D eigenvalue weighted by Crippen LogP contribution is -2.33. The first kappa shape index (κ1) is 16.2. The van der Waals surface area contributed by atoms with Gasteiger partial charge in [0.2, 0.25) is 0 Å². The van der Waals surface area contributed by atoms with Crippen LogP contribution in [0.4, 0.5) is 11.4 Å². The van der Waals surface area contributed by atoms with Crippen molar-refractivity contribution in [3.8, 4) is 0 Å². The Morgan fingerprint density at radius 2 is 2.21 bits per heavy atom. The SMILES string of the molecule is CCOC(=O)C1(C)CCN(c2ccc([N+](=O)[O-])c3cnccc23)C1. The standard InChI is InChI=1S/C17H19N3O4/c1-3-24-16(21)17(2)7-9-19(11-17)14-4-5-15(20(22)23)13-10-18-8-6-12(13)14/h4-6,8,10H,3,7,9,11H2,1-2H3. The Labute approximate surface area is 139 Å². The Bertz CT molecular complexity index is 808. The summed E-state index contributed by atoms with van der Waals surface area (Å²) < 4.78 is 5.19. The minimum atomic E-state index is -0.558. The number of esters is 1. The molecule has 0 aliphatic carbocycles. The highest BCUT2D eigenvalue weighted by Gasteiger charge is 2.42. The van der Waals surface area contributed by atoms with Crippen molar-refractivity contribution in [2.75, 3.05) is 24.6 Å². The van der Waals surface area contributed by atoms with Gasteiger partial charge < -0.3 is 9.64 Å². The molecule has 3 rings (SSSR count). The van der Waals surface area contributed by atoms with E-state index in [2.05, 4.69) is 9.88 Å². The third-order valence-corrected chi connectivity index (χ3v) is 4.55. The molecule has 0 amide bonds. The van der Waals surface area contributed by atoms with Crippen molar-refractivity contribution >= 4 is 28.1 Å². The monoisotopic (exact) mass is 329 g/mol. The van der Waals surface area contributed by atoms with E-state index in [9.17, 15) is 14.9 Å². The molecular weight excluding hydrogens is 310 g/mol. The molecule has 24 heavy (non-hydrogen) atoms. The molecule has 1 saturated heterocycles. The van der Waals surface area contributed by atoms with Crippen molar-refractivity contribution in [1.29, 1.82) is 0 Å². The zero-order chi connectivity index (χ0) is 17.3. The summed E-state index contributed by atoms with van der Waals surface area (Å²) in [5, 5.41) is 12.5. The van der Waals surface area contributed by atoms with Gasteiger partial charge in [0, 0.05) is 42.6 Å². The Morgan fingerprint density at radius 1 is 1.42 bits per heavy atom. The summed E-state index contributed by atoms with van der Waals surface area (Å²) in [4.78, 5) is 29.1. The van der Waals surface area contributed by atoms with E-state index in [1.807, 2.05) is 6.92 Å². The molecule has 0 spiro atoms. The highest BCUT2D eigenvalue weighted by atomic mass is 16.6. The van der Waals surface area contributed by atoms with Crippen LogP contribution in [-0.4, -0.2) is 35.6 Å². The van der Waals surface area contributed by atoms with Crippen LogP contribution in [0.3, 0.4) is 0 Å². The van der Waals surface area contributed by atoms with Crippen LogP contribution < -0.4 is 4.90 Å². The molecule has 2 heterocycles. The summed E-state index contributed by atoms with van der Waals surface area (Å²) in [6.45, 7) is 5.29. The van der Waals surface area contributed by atoms with Crippen LogP contribution in [-0.2, 0) is 9.53 Å². The average molecular weight is 329 g/mol. The zero-order valence-corrected chi connectivity index (χ0v) is 13.7. The quantitative estimate of drug-likeness (QED) is 0.487. The number of hydrogen-bond donors (Lipinski definition) is 0. The zero-order valence-electron chi connectivity index (χ0n) is 13.7. The number of pyridine rings is 1. The van der Waals surface area contributed by atoms with E-state index in [4.69, 9.17) is 4.74 Å². The van der Waals surface area contributed by atoms with Gasteiger partial charge in [-0.1, -0.05) is 0 Å².